The molecular formula is C21H16N4O4S. The molecule has 1 atom stereocenters. The molecule has 0 saturated carbocycles. The highest BCUT2D eigenvalue weighted by atomic mass is 32.1. The van der Waals surface area contributed by atoms with Gasteiger partial charge in [-0.3, -0.25) is 4.79 Å². The van der Waals surface area contributed by atoms with Crippen LogP contribution in [0.25, 0.3) is 11.5 Å². The number of carbonyl (C=O) groups is 1. The van der Waals surface area contributed by atoms with Crippen LogP contribution in [0.5, 0.6) is 6.08 Å². The minimum atomic E-state index is -0.331. The third kappa shape index (κ3) is 3.62. The monoisotopic (exact) mass is 420 g/mol. The fourth-order valence-electron chi connectivity index (χ4n) is 3.19. The van der Waals surface area contributed by atoms with Gasteiger partial charge in [-0.15, -0.1) is 16.4 Å². The Morgan fingerprint density at radius 2 is 2.03 bits per heavy atom. The summed E-state index contributed by atoms with van der Waals surface area (Å²) >= 11 is 1.58. The summed E-state index contributed by atoms with van der Waals surface area (Å²) < 4.78 is 16.5. The summed E-state index contributed by atoms with van der Waals surface area (Å²) in [5, 5.41) is 15.7. The van der Waals surface area contributed by atoms with E-state index in [1.165, 1.54) is 5.01 Å². The largest absolute Gasteiger partial charge is 0.467 e. The number of rotatable bonds is 6. The molecule has 4 heterocycles. The van der Waals surface area contributed by atoms with E-state index in [9.17, 15) is 4.79 Å². The fourth-order valence-corrected chi connectivity index (χ4v) is 3.91. The second-order valence-corrected chi connectivity index (χ2v) is 7.47. The van der Waals surface area contributed by atoms with Crippen molar-refractivity contribution in [2.75, 3.05) is 6.61 Å². The summed E-state index contributed by atoms with van der Waals surface area (Å²) in [6.07, 6.45) is 2.08. The molecule has 1 amide bonds. The Labute approximate surface area is 175 Å². The topological polar surface area (TPSA) is 94.0 Å². The number of hydrogen-bond donors (Lipinski definition) is 0. The highest BCUT2D eigenvalue weighted by molar-refractivity contribution is 7.12. The summed E-state index contributed by atoms with van der Waals surface area (Å²) in [6, 6.07) is 16.6. The van der Waals surface area contributed by atoms with Gasteiger partial charge in [-0.05, 0) is 35.7 Å². The molecule has 0 radical (unpaired) electrons. The van der Waals surface area contributed by atoms with Crippen LogP contribution in [0.2, 0.25) is 0 Å². The molecule has 8 nitrogen and oxygen atoms in total. The van der Waals surface area contributed by atoms with Gasteiger partial charge in [0.25, 0.3) is 11.8 Å². The van der Waals surface area contributed by atoms with E-state index in [1.807, 2.05) is 53.9 Å². The molecule has 0 saturated heterocycles. The van der Waals surface area contributed by atoms with Crippen molar-refractivity contribution in [1.29, 1.82) is 0 Å². The first-order valence-corrected chi connectivity index (χ1v) is 10.1. The maximum absolute atomic E-state index is 12.9. The van der Waals surface area contributed by atoms with E-state index < -0.39 is 0 Å². The Kier molecular flexibility index (Phi) is 4.86. The zero-order valence-corrected chi connectivity index (χ0v) is 16.5. The van der Waals surface area contributed by atoms with E-state index in [1.54, 1.807) is 23.7 Å². The zero-order valence-electron chi connectivity index (χ0n) is 15.7. The quantitative estimate of drug-likeness (QED) is 0.465. The van der Waals surface area contributed by atoms with Gasteiger partial charge >= 0.3 is 6.08 Å². The normalized spacial score (nSPS) is 15.9. The smallest absolute Gasteiger partial charge is 0.415 e. The van der Waals surface area contributed by atoms with Crippen LogP contribution in [0.15, 0.2) is 80.2 Å². The van der Waals surface area contributed by atoms with Crippen molar-refractivity contribution in [1.82, 2.24) is 15.2 Å². The summed E-state index contributed by atoms with van der Waals surface area (Å²) in [4.78, 5) is 13.9. The average molecular weight is 420 g/mol. The molecule has 0 spiro atoms. The van der Waals surface area contributed by atoms with Crippen LogP contribution in [-0.2, 0) is 4.79 Å². The second kappa shape index (κ2) is 7.96. The number of amides is 1. The summed E-state index contributed by atoms with van der Waals surface area (Å²) in [6.45, 7) is -0.283. The Hall–Kier alpha value is -3.72. The second-order valence-electron chi connectivity index (χ2n) is 6.53. The number of aromatic nitrogens is 2. The van der Waals surface area contributed by atoms with Gasteiger partial charge in [0.2, 0.25) is 0 Å². The standard InChI is InChI=1S/C21H16N4O4S/c26-19(13-28-21-23-22-20(29-21)14-6-2-1-3-7-14)25-16(17-8-4-10-27-17)12-15(24-25)18-9-5-11-30-18/h1-11,16H,12-13H2. The molecule has 150 valence electrons. The van der Waals surface area contributed by atoms with Crippen molar-refractivity contribution in [3.63, 3.8) is 0 Å². The van der Waals surface area contributed by atoms with Gasteiger partial charge in [0.15, 0.2) is 6.61 Å². The number of carbonyl (C=O) groups excluding carboxylic acids is 1. The highest BCUT2D eigenvalue weighted by Gasteiger charge is 2.35. The van der Waals surface area contributed by atoms with Crippen molar-refractivity contribution in [2.45, 2.75) is 12.5 Å². The minimum absolute atomic E-state index is 0.0709. The molecule has 5 rings (SSSR count). The molecule has 0 N–H and O–H groups in total. The van der Waals surface area contributed by atoms with Crippen LogP contribution in [0.3, 0.4) is 0 Å². The van der Waals surface area contributed by atoms with Gasteiger partial charge in [0.05, 0.1) is 16.9 Å². The van der Waals surface area contributed by atoms with Gasteiger partial charge in [-0.25, -0.2) is 5.01 Å². The van der Waals surface area contributed by atoms with Crippen molar-refractivity contribution in [2.24, 2.45) is 5.10 Å². The lowest BCUT2D eigenvalue weighted by atomic mass is 10.1. The number of hydrazone groups is 1. The molecular weight excluding hydrogens is 404 g/mol. The number of benzene rings is 1. The Morgan fingerprint density at radius 1 is 1.13 bits per heavy atom. The minimum Gasteiger partial charge on any atom is -0.467 e. The molecule has 9 heteroatoms. The van der Waals surface area contributed by atoms with Crippen molar-refractivity contribution in [3.8, 4) is 17.5 Å². The van der Waals surface area contributed by atoms with Crippen LogP contribution >= 0.6 is 11.3 Å². The predicted octanol–water partition coefficient (Wildman–Crippen LogP) is 4.15. The number of thiophene rings is 1. The van der Waals surface area contributed by atoms with Gasteiger partial charge in [-0.1, -0.05) is 29.4 Å². The van der Waals surface area contributed by atoms with Crippen LogP contribution in [-0.4, -0.2) is 33.4 Å². The van der Waals surface area contributed by atoms with Crippen LogP contribution in [0.4, 0.5) is 0 Å². The molecule has 30 heavy (non-hydrogen) atoms. The van der Waals surface area contributed by atoms with E-state index in [-0.39, 0.29) is 24.6 Å². The first kappa shape index (κ1) is 18.3. The number of furan rings is 1. The maximum atomic E-state index is 12.9. The molecule has 1 aliphatic heterocycles. The van der Waals surface area contributed by atoms with Gasteiger partial charge in [0, 0.05) is 12.0 Å². The molecule has 4 aromatic rings. The molecule has 0 fully saturated rings. The lowest BCUT2D eigenvalue weighted by Gasteiger charge is -2.19. The molecule has 1 aromatic carbocycles. The maximum Gasteiger partial charge on any atom is 0.415 e. The lowest BCUT2D eigenvalue weighted by Crippen LogP contribution is -2.31. The summed E-state index contributed by atoms with van der Waals surface area (Å²) in [5.41, 5.74) is 1.61. The van der Waals surface area contributed by atoms with Crippen molar-refractivity contribution in [3.05, 3.63) is 76.9 Å². The Balaban J connectivity index is 1.31. The molecule has 3 aromatic heterocycles. The van der Waals surface area contributed by atoms with Crippen molar-refractivity contribution >= 4 is 23.0 Å². The van der Waals surface area contributed by atoms with Gasteiger partial charge in [-0.2, -0.15) is 5.10 Å². The molecule has 1 unspecified atom stereocenters. The SMILES string of the molecule is O=C(COc1nnc(-c2ccccc2)o1)N1N=C(c2cccs2)CC1c1ccco1. The third-order valence-corrected chi connectivity index (χ3v) is 5.51. The molecule has 0 aliphatic carbocycles. The lowest BCUT2D eigenvalue weighted by molar-refractivity contribution is -0.136. The first-order valence-electron chi connectivity index (χ1n) is 9.26. The van der Waals surface area contributed by atoms with Crippen LogP contribution < -0.4 is 4.74 Å². The Bertz CT molecular complexity index is 1150. The van der Waals surface area contributed by atoms with E-state index in [0.717, 1.165) is 16.2 Å². The summed E-state index contributed by atoms with van der Waals surface area (Å²) in [5.74, 6) is 0.663. The summed E-state index contributed by atoms with van der Waals surface area (Å²) in [7, 11) is 0. The molecule has 0 bridgehead atoms. The average Bonchev–Trinajstić information content (AvgIpc) is 3.57. The highest BCUT2D eigenvalue weighted by Crippen LogP contribution is 2.34. The van der Waals surface area contributed by atoms with Crippen LogP contribution in [0, 0.1) is 0 Å². The van der Waals surface area contributed by atoms with E-state index in [0.29, 0.717) is 18.1 Å². The van der Waals surface area contributed by atoms with Gasteiger partial charge in [0.1, 0.15) is 11.8 Å². The van der Waals surface area contributed by atoms with Crippen LogP contribution in [0.1, 0.15) is 23.1 Å². The van der Waals surface area contributed by atoms with E-state index in [4.69, 9.17) is 13.6 Å². The third-order valence-electron chi connectivity index (χ3n) is 4.59. The zero-order chi connectivity index (χ0) is 20.3. The fraction of sp³-hybridized carbons (Fsp3) is 0.143. The predicted molar refractivity (Wildman–Crippen MR) is 109 cm³/mol. The number of ether oxygens (including phenoxy) is 1. The number of hydrogen-bond acceptors (Lipinski definition) is 8. The van der Waals surface area contributed by atoms with Crippen molar-refractivity contribution < 1.29 is 18.4 Å². The molecule has 1 aliphatic rings. The first-order chi connectivity index (χ1) is 14.8. The van der Waals surface area contributed by atoms with E-state index >= 15 is 0 Å². The van der Waals surface area contributed by atoms with E-state index in [2.05, 4.69) is 15.3 Å². The van der Waals surface area contributed by atoms with Gasteiger partial charge < -0.3 is 13.6 Å². The number of nitrogens with zero attached hydrogens (tertiary/aromatic N) is 4. The Morgan fingerprint density at radius 3 is 2.80 bits per heavy atom.